The number of nitrogens with one attached hydrogen (secondary N) is 1. The third-order valence-electron chi connectivity index (χ3n) is 4.59. The first-order chi connectivity index (χ1) is 8.69. The Morgan fingerprint density at radius 3 is 2.56 bits per heavy atom. The zero-order chi connectivity index (χ0) is 12.8. The standard InChI is InChI=1S/C14H20N2O2/c1-2-9-16-12(17)11(10-5-6-10)15-13(18)14(16)7-3-4-8-14/h2,10-11H,1,3-9H2,(H,15,18). The molecule has 1 spiro atoms. The van der Waals surface area contributed by atoms with Crippen molar-refractivity contribution >= 4 is 11.8 Å². The lowest BCUT2D eigenvalue weighted by Gasteiger charge is -2.46. The van der Waals surface area contributed by atoms with Crippen LogP contribution in [0, 0.1) is 5.92 Å². The van der Waals surface area contributed by atoms with Gasteiger partial charge in [0.15, 0.2) is 0 Å². The van der Waals surface area contributed by atoms with Gasteiger partial charge in [0.25, 0.3) is 0 Å². The van der Waals surface area contributed by atoms with Crippen molar-refractivity contribution in [1.29, 1.82) is 0 Å². The maximum Gasteiger partial charge on any atom is 0.246 e. The van der Waals surface area contributed by atoms with Gasteiger partial charge in [-0.05, 0) is 31.6 Å². The van der Waals surface area contributed by atoms with Crippen molar-refractivity contribution in [2.24, 2.45) is 5.92 Å². The molecular formula is C14H20N2O2. The van der Waals surface area contributed by atoms with Crippen molar-refractivity contribution in [1.82, 2.24) is 10.2 Å². The summed E-state index contributed by atoms with van der Waals surface area (Å²) in [5, 5.41) is 2.98. The number of piperazine rings is 1. The average Bonchev–Trinajstić information content (AvgIpc) is 3.08. The molecule has 3 rings (SSSR count). The Balaban J connectivity index is 1.91. The third kappa shape index (κ3) is 1.58. The van der Waals surface area contributed by atoms with E-state index in [-0.39, 0.29) is 17.9 Å². The van der Waals surface area contributed by atoms with E-state index in [1.807, 2.05) is 0 Å². The molecule has 98 valence electrons. The molecule has 1 saturated heterocycles. The van der Waals surface area contributed by atoms with Crippen LogP contribution in [0.5, 0.6) is 0 Å². The van der Waals surface area contributed by atoms with Gasteiger partial charge in [-0.25, -0.2) is 0 Å². The highest BCUT2D eigenvalue weighted by Gasteiger charge is 2.55. The molecule has 0 aromatic heterocycles. The van der Waals surface area contributed by atoms with Crippen molar-refractivity contribution in [2.45, 2.75) is 50.1 Å². The van der Waals surface area contributed by atoms with E-state index in [9.17, 15) is 9.59 Å². The Morgan fingerprint density at radius 1 is 1.33 bits per heavy atom. The molecule has 2 saturated carbocycles. The zero-order valence-corrected chi connectivity index (χ0v) is 10.7. The minimum Gasteiger partial charge on any atom is -0.342 e. The number of hydrogen-bond donors (Lipinski definition) is 1. The van der Waals surface area contributed by atoms with Gasteiger partial charge in [0.05, 0.1) is 0 Å². The van der Waals surface area contributed by atoms with Crippen LogP contribution < -0.4 is 5.32 Å². The quantitative estimate of drug-likeness (QED) is 0.763. The van der Waals surface area contributed by atoms with Gasteiger partial charge in [-0.1, -0.05) is 18.9 Å². The molecule has 0 aromatic rings. The molecule has 1 unspecified atom stereocenters. The van der Waals surface area contributed by atoms with Crippen LogP contribution in [0.15, 0.2) is 12.7 Å². The summed E-state index contributed by atoms with van der Waals surface area (Å²) in [6.07, 6.45) is 7.52. The molecule has 4 heteroatoms. The van der Waals surface area contributed by atoms with Crippen molar-refractivity contribution in [2.75, 3.05) is 6.54 Å². The lowest BCUT2D eigenvalue weighted by molar-refractivity contribution is -0.157. The summed E-state index contributed by atoms with van der Waals surface area (Å²) in [4.78, 5) is 26.8. The maximum absolute atomic E-state index is 12.6. The summed E-state index contributed by atoms with van der Waals surface area (Å²) in [6.45, 7) is 4.22. The van der Waals surface area contributed by atoms with Crippen LogP contribution in [0.4, 0.5) is 0 Å². The number of carbonyl (C=O) groups excluding carboxylic acids is 2. The Hall–Kier alpha value is -1.32. The first kappa shape index (κ1) is 11.8. The van der Waals surface area contributed by atoms with Crippen LogP contribution in [0.1, 0.15) is 38.5 Å². The van der Waals surface area contributed by atoms with Crippen molar-refractivity contribution in [3.05, 3.63) is 12.7 Å². The monoisotopic (exact) mass is 248 g/mol. The van der Waals surface area contributed by atoms with Crippen LogP contribution in [-0.2, 0) is 9.59 Å². The molecule has 0 aromatic carbocycles. The summed E-state index contributed by atoms with van der Waals surface area (Å²) in [7, 11) is 0. The molecule has 1 N–H and O–H groups in total. The fourth-order valence-electron chi connectivity index (χ4n) is 3.44. The van der Waals surface area contributed by atoms with E-state index in [1.165, 1.54) is 0 Å². The van der Waals surface area contributed by atoms with Crippen molar-refractivity contribution in [3.63, 3.8) is 0 Å². The minimum absolute atomic E-state index is 0.0679. The second kappa shape index (κ2) is 4.11. The van der Waals surface area contributed by atoms with Gasteiger partial charge < -0.3 is 10.2 Å². The van der Waals surface area contributed by atoms with Gasteiger partial charge in [0.2, 0.25) is 11.8 Å². The normalized spacial score (nSPS) is 30.7. The second-order valence-electron chi connectivity index (χ2n) is 5.76. The number of hydrogen-bond acceptors (Lipinski definition) is 2. The SMILES string of the molecule is C=CCN1C(=O)C(C2CC2)NC(=O)C12CCCC2. The van der Waals surface area contributed by atoms with Gasteiger partial charge in [0.1, 0.15) is 11.6 Å². The highest BCUT2D eigenvalue weighted by atomic mass is 16.2. The summed E-state index contributed by atoms with van der Waals surface area (Å²) in [5.74, 6) is 0.546. The molecule has 1 heterocycles. The van der Waals surface area contributed by atoms with Crippen LogP contribution in [0.2, 0.25) is 0 Å². The topological polar surface area (TPSA) is 49.4 Å². The number of amides is 2. The molecule has 18 heavy (non-hydrogen) atoms. The Bertz CT molecular complexity index is 395. The third-order valence-corrected chi connectivity index (χ3v) is 4.59. The molecule has 0 radical (unpaired) electrons. The highest BCUT2D eigenvalue weighted by Crippen LogP contribution is 2.42. The van der Waals surface area contributed by atoms with E-state index < -0.39 is 5.54 Å². The van der Waals surface area contributed by atoms with E-state index >= 15 is 0 Å². The highest BCUT2D eigenvalue weighted by molar-refractivity contribution is 6.00. The molecule has 4 nitrogen and oxygen atoms in total. The predicted molar refractivity (Wildman–Crippen MR) is 67.8 cm³/mol. The van der Waals surface area contributed by atoms with Crippen LogP contribution in [0.3, 0.4) is 0 Å². The van der Waals surface area contributed by atoms with Gasteiger partial charge in [-0.3, -0.25) is 9.59 Å². The van der Waals surface area contributed by atoms with Crippen molar-refractivity contribution < 1.29 is 9.59 Å². The van der Waals surface area contributed by atoms with E-state index in [4.69, 9.17) is 0 Å². The Morgan fingerprint density at radius 2 is 2.00 bits per heavy atom. The van der Waals surface area contributed by atoms with Crippen molar-refractivity contribution in [3.8, 4) is 0 Å². The molecule has 3 aliphatic rings. The van der Waals surface area contributed by atoms with E-state index in [0.717, 1.165) is 38.5 Å². The number of nitrogens with zero attached hydrogens (tertiary/aromatic N) is 1. The summed E-state index contributed by atoms with van der Waals surface area (Å²) in [5.41, 5.74) is -0.573. The molecule has 3 fully saturated rings. The molecule has 2 aliphatic carbocycles. The Kier molecular flexibility index (Phi) is 2.68. The van der Waals surface area contributed by atoms with E-state index in [2.05, 4.69) is 11.9 Å². The summed E-state index contributed by atoms with van der Waals surface area (Å²) >= 11 is 0. The largest absolute Gasteiger partial charge is 0.342 e. The predicted octanol–water partition coefficient (Wildman–Crippen LogP) is 1.22. The number of carbonyl (C=O) groups is 2. The molecule has 1 atom stereocenters. The average molecular weight is 248 g/mol. The van der Waals surface area contributed by atoms with Gasteiger partial charge >= 0.3 is 0 Å². The lowest BCUT2D eigenvalue weighted by atomic mass is 9.88. The summed E-state index contributed by atoms with van der Waals surface area (Å²) < 4.78 is 0. The lowest BCUT2D eigenvalue weighted by Crippen LogP contribution is -2.70. The smallest absolute Gasteiger partial charge is 0.246 e. The summed E-state index contributed by atoms with van der Waals surface area (Å²) in [6, 6.07) is -0.274. The Labute approximate surface area is 107 Å². The molecule has 2 amide bonds. The van der Waals surface area contributed by atoms with Crippen LogP contribution >= 0.6 is 0 Å². The first-order valence-corrected chi connectivity index (χ1v) is 6.92. The van der Waals surface area contributed by atoms with Gasteiger partial charge in [0, 0.05) is 6.54 Å². The van der Waals surface area contributed by atoms with E-state index in [0.29, 0.717) is 12.5 Å². The fourth-order valence-corrected chi connectivity index (χ4v) is 3.44. The van der Waals surface area contributed by atoms with Crippen LogP contribution in [0.25, 0.3) is 0 Å². The van der Waals surface area contributed by atoms with E-state index in [1.54, 1.807) is 11.0 Å². The van der Waals surface area contributed by atoms with Crippen LogP contribution in [-0.4, -0.2) is 34.8 Å². The van der Waals surface area contributed by atoms with Gasteiger partial charge in [-0.2, -0.15) is 0 Å². The second-order valence-corrected chi connectivity index (χ2v) is 5.76. The molecular weight excluding hydrogens is 228 g/mol. The fraction of sp³-hybridized carbons (Fsp3) is 0.714. The maximum atomic E-state index is 12.6. The molecule has 1 aliphatic heterocycles. The zero-order valence-electron chi connectivity index (χ0n) is 10.7. The van der Waals surface area contributed by atoms with Gasteiger partial charge in [-0.15, -0.1) is 6.58 Å². The first-order valence-electron chi connectivity index (χ1n) is 6.92. The minimum atomic E-state index is -0.573. The molecule has 0 bridgehead atoms. The number of rotatable bonds is 3.